The molecule has 15 heavy (non-hydrogen) atoms. The van der Waals surface area contributed by atoms with Gasteiger partial charge in [0.2, 0.25) is 0 Å². The minimum absolute atomic E-state index is 0.0735. The van der Waals surface area contributed by atoms with Crippen molar-refractivity contribution in [1.82, 2.24) is 0 Å². The number of hydrogen-bond acceptors (Lipinski definition) is 4. The first kappa shape index (κ1) is 14.3. The zero-order chi connectivity index (χ0) is 11.9. The van der Waals surface area contributed by atoms with Crippen LogP contribution >= 0.6 is 7.82 Å². The monoisotopic (exact) mass is 238 g/mol. The van der Waals surface area contributed by atoms with Crippen molar-refractivity contribution < 1.29 is 28.4 Å². The molecule has 0 bridgehead atoms. The summed E-state index contributed by atoms with van der Waals surface area (Å²) in [4.78, 5) is 27.4. The molecule has 0 aromatic rings. The highest BCUT2D eigenvalue weighted by atomic mass is 31.2. The standard InChI is InChI=1S/C8H15O6P/c1-3-8(9)13-5-4-7(2)6-14-15(10,11)12/h3,7H,1,4-6H2,2H3,(H2,10,11,12). The molecule has 0 saturated carbocycles. The van der Waals surface area contributed by atoms with E-state index in [4.69, 9.17) is 9.79 Å². The van der Waals surface area contributed by atoms with Gasteiger partial charge in [0.1, 0.15) is 0 Å². The van der Waals surface area contributed by atoms with Gasteiger partial charge in [-0.15, -0.1) is 0 Å². The van der Waals surface area contributed by atoms with Crippen molar-refractivity contribution in [3.05, 3.63) is 12.7 Å². The number of carbonyl (C=O) groups excluding carboxylic acids is 1. The molecule has 0 aromatic carbocycles. The lowest BCUT2D eigenvalue weighted by atomic mass is 10.1. The molecule has 1 unspecified atom stereocenters. The highest BCUT2D eigenvalue weighted by Crippen LogP contribution is 2.36. The van der Waals surface area contributed by atoms with E-state index in [-0.39, 0.29) is 19.1 Å². The summed E-state index contributed by atoms with van der Waals surface area (Å²) in [7, 11) is -4.40. The largest absolute Gasteiger partial charge is 0.469 e. The third kappa shape index (κ3) is 9.62. The van der Waals surface area contributed by atoms with Crippen LogP contribution in [0.3, 0.4) is 0 Å². The van der Waals surface area contributed by atoms with Crippen LogP contribution in [0.1, 0.15) is 13.3 Å². The lowest BCUT2D eigenvalue weighted by Crippen LogP contribution is -2.10. The SMILES string of the molecule is C=CC(=O)OCCC(C)COP(=O)(O)O. The van der Waals surface area contributed by atoms with Crippen LogP contribution < -0.4 is 0 Å². The molecule has 7 heteroatoms. The van der Waals surface area contributed by atoms with E-state index >= 15 is 0 Å². The van der Waals surface area contributed by atoms with E-state index in [1.807, 2.05) is 0 Å². The third-order valence-electron chi connectivity index (χ3n) is 1.55. The van der Waals surface area contributed by atoms with Gasteiger partial charge in [0.15, 0.2) is 0 Å². The summed E-state index contributed by atoms with van der Waals surface area (Å²) in [5.41, 5.74) is 0. The van der Waals surface area contributed by atoms with E-state index in [9.17, 15) is 9.36 Å². The van der Waals surface area contributed by atoms with E-state index in [0.717, 1.165) is 6.08 Å². The smallest absolute Gasteiger partial charge is 0.463 e. The van der Waals surface area contributed by atoms with Gasteiger partial charge in [-0.2, -0.15) is 0 Å². The summed E-state index contributed by atoms with van der Waals surface area (Å²) in [6, 6.07) is 0. The number of phosphoric acid groups is 1. The molecule has 1 atom stereocenters. The predicted octanol–water partition coefficient (Wildman–Crippen LogP) is 0.851. The van der Waals surface area contributed by atoms with E-state index < -0.39 is 13.8 Å². The van der Waals surface area contributed by atoms with Crippen LogP contribution in [0, 0.1) is 5.92 Å². The molecule has 88 valence electrons. The highest BCUT2D eigenvalue weighted by Gasteiger charge is 2.15. The zero-order valence-electron chi connectivity index (χ0n) is 8.46. The molecule has 2 N–H and O–H groups in total. The molecular formula is C8H15O6P. The minimum Gasteiger partial charge on any atom is -0.463 e. The summed E-state index contributed by atoms with van der Waals surface area (Å²) in [6.07, 6.45) is 1.52. The molecule has 0 aliphatic heterocycles. The Morgan fingerprint density at radius 2 is 2.20 bits per heavy atom. The zero-order valence-corrected chi connectivity index (χ0v) is 9.35. The molecule has 0 saturated heterocycles. The number of ether oxygens (including phenoxy) is 1. The number of rotatable bonds is 7. The highest BCUT2D eigenvalue weighted by molar-refractivity contribution is 7.46. The Morgan fingerprint density at radius 1 is 1.60 bits per heavy atom. The Kier molecular flexibility index (Phi) is 6.43. The minimum atomic E-state index is -4.40. The van der Waals surface area contributed by atoms with Gasteiger partial charge < -0.3 is 14.5 Å². The van der Waals surface area contributed by atoms with Crippen molar-refractivity contribution in [2.45, 2.75) is 13.3 Å². The van der Waals surface area contributed by atoms with Crippen LogP contribution in [0.15, 0.2) is 12.7 Å². The summed E-state index contributed by atoms with van der Waals surface area (Å²) < 4.78 is 19.3. The second-order valence-corrected chi connectivity index (χ2v) is 4.29. The number of carbonyl (C=O) groups is 1. The molecule has 0 aliphatic carbocycles. The van der Waals surface area contributed by atoms with Gasteiger partial charge in [0, 0.05) is 6.08 Å². The Labute approximate surface area is 88.1 Å². The first-order valence-corrected chi connectivity index (χ1v) is 5.87. The Balaban J connectivity index is 3.58. The second kappa shape index (κ2) is 6.74. The van der Waals surface area contributed by atoms with Gasteiger partial charge in [0.25, 0.3) is 0 Å². The van der Waals surface area contributed by atoms with Crippen molar-refractivity contribution in [2.24, 2.45) is 5.92 Å². The van der Waals surface area contributed by atoms with Gasteiger partial charge >= 0.3 is 13.8 Å². The fraction of sp³-hybridized carbons (Fsp3) is 0.625. The third-order valence-corrected chi connectivity index (χ3v) is 2.03. The predicted molar refractivity (Wildman–Crippen MR) is 52.9 cm³/mol. The summed E-state index contributed by atoms with van der Waals surface area (Å²) >= 11 is 0. The average molecular weight is 238 g/mol. The van der Waals surface area contributed by atoms with Crippen molar-refractivity contribution >= 4 is 13.8 Å². The number of esters is 1. The van der Waals surface area contributed by atoms with Crippen molar-refractivity contribution in [3.63, 3.8) is 0 Å². The van der Waals surface area contributed by atoms with Crippen molar-refractivity contribution in [1.29, 1.82) is 0 Å². The number of hydrogen-bond donors (Lipinski definition) is 2. The maximum Gasteiger partial charge on any atom is 0.469 e. The lowest BCUT2D eigenvalue weighted by molar-refractivity contribution is -0.138. The molecule has 0 heterocycles. The fourth-order valence-electron chi connectivity index (χ4n) is 0.727. The van der Waals surface area contributed by atoms with Crippen LogP contribution in [0.25, 0.3) is 0 Å². The average Bonchev–Trinajstić information content (AvgIpc) is 2.13. The molecule has 0 rings (SSSR count). The Morgan fingerprint density at radius 3 is 2.67 bits per heavy atom. The van der Waals surface area contributed by atoms with Crippen LogP contribution in [0.4, 0.5) is 0 Å². The van der Waals surface area contributed by atoms with Crippen LogP contribution in [0.5, 0.6) is 0 Å². The van der Waals surface area contributed by atoms with Crippen LogP contribution in [-0.2, 0) is 18.6 Å². The molecule has 0 radical (unpaired) electrons. The van der Waals surface area contributed by atoms with Gasteiger partial charge in [-0.05, 0) is 12.3 Å². The summed E-state index contributed by atoms with van der Waals surface area (Å²) in [6.45, 7) is 5.06. The second-order valence-electron chi connectivity index (χ2n) is 3.05. The molecule has 0 aromatic heterocycles. The van der Waals surface area contributed by atoms with Crippen molar-refractivity contribution in [3.8, 4) is 0 Å². The van der Waals surface area contributed by atoms with E-state index in [2.05, 4.69) is 15.8 Å². The molecule has 0 fully saturated rings. The number of phosphoric ester groups is 1. The summed E-state index contributed by atoms with van der Waals surface area (Å²) in [5, 5.41) is 0. The Bertz CT molecular complexity index is 258. The van der Waals surface area contributed by atoms with E-state index in [1.54, 1.807) is 6.92 Å². The van der Waals surface area contributed by atoms with Crippen LogP contribution in [-0.4, -0.2) is 29.0 Å². The van der Waals surface area contributed by atoms with E-state index in [0.29, 0.717) is 6.42 Å². The maximum absolute atomic E-state index is 10.6. The maximum atomic E-state index is 10.6. The van der Waals surface area contributed by atoms with Gasteiger partial charge in [-0.1, -0.05) is 13.5 Å². The molecular weight excluding hydrogens is 223 g/mol. The van der Waals surface area contributed by atoms with Crippen LogP contribution in [0.2, 0.25) is 0 Å². The van der Waals surface area contributed by atoms with Gasteiger partial charge in [-0.3, -0.25) is 4.52 Å². The quantitative estimate of drug-likeness (QED) is 0.388. The summed E-state index contributed by atoms with van der Waals surface area (Å²) in [5.74, 6) is -0.617. The molecule has 0 amide bonds. The van der Waals surface area contributed by atoms with Gasteiger partial charge in [0.05, 0.1) is 13.2 Å². The normalized spacial score (nSPS) is 13.3. The fourth-order valence-corrected chi connectivity index (χ4v) is 1.18. The first-order valence-electron chi connectivity index (χ1n) is 4.34. The lowest BCUT2D eigenvalue weighted by Gasteiger charge is -2.11. The molecule has 6 nitrogen and oxygen atoms in total. The molecule has 0 spiro atoms. The van der Waals surface area contributed by atoms with E-state index in [1.165, 1.54) is 0 Å². The first-order chi connectivity index (χ1) is 6.85. The Hall–Kier alpha value is -0.680. The van der Waals surface area contributed by atoms with Gasteiger partial charge in [-0.25, -0.2) is 9.36 Å². The topological polar surface area (TPSA) is 93.1 Å². The molecule has 0 aliphatic rings. The van der Waals surface area contributed by atoms with Crippen molar-refractivity contribution in [2.75, 3.05) is 13.2 Å².